The zero-order valence-corrected chi connectivity index (χ0v) is 14.9. The summed E-state index contributed by atoms with van der Waals surface area (Å²) >= 11 is 7.43. The van der Waals surface area contributed by atoms with Gasteiger partial charge >= 0.3 is 5.97 Å². The van der Waals surface area contributed by atoms with Crippen molar-refractivity contribution in [1.82, 2.24) is 9.97 Å². The average Bonchev–Trinajstić information content (AvgIpc) is 2.60. The van der Waals surface area contributed by atoms with Crippen molar-refractivity contribution in [2.75, 3.05) is 10.5 Å². The molecular formula is C17H15ClN4O3S. The molecule has 0 saturated heterocycles. The van der Waals surface area contributed by atoms with Crippen LogP contribution in [0.2, 0.25) is 5.02 Å². The summed E-state index contributed by atoms with van der Waals surface area (Å²) < 4.78 is 3.03. The lowest BCUT2D eigenvalue weighted by atomic mass is 10.0. The summed E-state index contributed by atoms with van der Waals surface area (Å²) in [5.41, 5.74) is 6.10. The van der Waals surface area contributed by atoms with Crippen LogP contribution in [0.1, 0.15) is 5.56 Å². The molecule has 0 aliphatic carbocycles. The monoisotopic (exact) mass is 390 g/mol. The Kier molecular flexibility index (Phi) is 5.30. The van der Waals surface area contributed by atoms with Crippen LogP contribution in [-0.4, -0.2) is 25.3 Å². The zero-order chi connectivity index (χ0) is 18.7. The lowest BCUT2D eigenvalue weighted by molar-refractivity contribution is -0.323. The molecule has 1 aromatic carbocycles. The van der Waals surface area contributed by atoms with E-state index in [1.807, 2.05) is 0 Å². The molecule has 2 aromatic heterocycles. The number of hydrogen-bond donors (Lipinski definition) is 5. The fourth-order valence-electron chi connectivity index (χ4n) is 2.26. The summed E-state index contributed by atoms with van der Waals surface area (Å²) in [7, 11) is 0. The van der Waals surface area contributed by atoms with Crippen LogP contribution in [0.25, 0.3) is 11.3 Å². The fourth-order valence-corrected chi connectivity index (χ4v) is 3.09. The van der Waals surface area contributed by atoms with Gasteiger partial charge in [0.15, 0.2) is 0 Å². The number of halogens is 1. The van der Waals surface area contributed by atoms with Gasteiger partial charge in [-0.25, -0.2) is 9.97 Å². The highest BCUT2D eigenvalue weighted by Crippen LogP contribution is 2.34. The molecule has 0 aliphatic rings. The van der Waals surface area contributed by atoms with Crippen molar-refractivity contribution in [3.05, 3.63) is 65.2 Å². The normalized spacial score (nSPS) is 11.4. The van der Waals surface area contributed by atoms with Gasteiger partial charge in [-0.3, -0.25) is 0 Å². The third-order valence-electron chi connectivity index (χ3n) is 3.39. The predicted octanol–water partition coefficient (Wildman–Crippen LogP) is 2.59. The van der Waals surface area contributed by atoms with Gasteiger partial charge in [-0.05, 0) is 24.3 Å². The second kappa shape index (κ2) is 7.48. The number of benzene rings is 1. The van der Waals surface area contributed by atoms with Crippen LogP contribution in [0.4, 0.5) is 11.6 Å². The van der Waals surface area contributed by atoms with Crippen LogP contribution in [-0.2, 0) is 5.97 Å². The Morgan fingerprint density at radius 2 is 1.73 bits per heavy atom. The molecule has 9 heteroatoms. The molecule has 2 heterocycles. The number of nitrogens with zero attached hydrogens (tertiary/aromatic N) is 2. The molecule has 3 aromatic rings. The van der Waals surface area contributed by atoms with E-state index >= 15 is 0 Å². The van der Waals surface area contributed by atoms with Crippen LogP contribution in [0, 0.1) is 0 Å². The van der Waals surface area contributed by atoms with Crippen LogP contribution >= 0.6 is 23.5 Å². The van der Waals surface area contributed by atoms with Gasteiger partial charge < -0.3 is 25.8 Å². The minimum atomic E-state index is -3.01. The standard InChI is InChI=1S/C17H15ClN4O3S/c18-12-8-9-14(22-26-15-7-3-6-13(19)20-15)21-16(12)10-4-1-2-5-11(10)17(23,24)25/h1-9,23-25H,(H2,19,20)(H,21,22). The predicted molar refractivity (Wildman–Crippen MR) is 101 cm³/mol. The Balaban J connectivity index is 1.92. The maximum atomic E-state index is 9.57. The number of rotatable bonds is 5. The molecule has 0 radical (unpaired) electrons. The van der Waals surface area contributed by atoms with E-state index in [-0.39, 0.29) is 11.3 Å². The first kappa shape index (κ1) is 18.4. The first-order chi connectivity index (χ1) is 12.3. The highest BCUT2D eigenvalue weighted by molar-refractivity contribution is 8.00. The zero-order valence-electron chi connectivity index (χ0n) is 13.3. The van der Waals surface area contributed by atoms with Crippen molar-refractivity contribution in [3.8, 4) is 11.3 Å². The van der Waals surface area contributed by atoms with Crippen molar-refractivity contribution in [2.24, 2.45) is 0 Å². The second-order valence-corrected chi connectivity index (χ2v) is 6.55. The number of nitrogens with one attached hydrogen (secondary N) is 1. The van der Waals surface area contributed by atoms with E-state index in [2.05, 4.69) is 14.7 Å². The molecule has 0 bridgehead atoms. The lowest BCUT2D eigenvalue weighted by Crippen LogP contribution is -2.24. The van der Waals surface area contributed by atoms with Crippen molar-refractivity contribution in [2.45, 2.75) is 11.0 Å². The summed E-state index contributed by atoms with van der Waals surface area (Å²) in [5.74, 6) is -2.14. The molecule has 6 N–H and O–H groups in total. The lowest BCUT2D eigenvalue weighted by Gasteiger charge is -2.19. The summed E-state index contributed by atoms with van der Waals surface area (Å²) in [6.45, 7) is 0. The van der Waals surface area contributed by atoms with E-state index in [0.717, 1.165) is 0 Å². The number of nitrogens with two attached hydrogens (primary N) is 1. The Morgan fingerprint density at radius 3 is 2.46 bits per heavy atom. The quantitative estimate of drug-likeness (QED) is 0.332. The molecule has 7 nitrogen and oxygen atoms in total. The van der Waals surface area contributed by atoms with Gasteiger partial charge in [0, 0.05) is 23.1 Å². The summed E-state index contributed by atoms with van der Waals surface area (Å²) in [4.78, 5) is 8.56. The van der Waals surface area contributed by atoms with Gasteiger partial charge in [0.2, 0.25) is 0 Å². The Labute approximate surface area is 158 Å². The molecule has 0 atom stereocenters. The van der Waals surface area contributed by atoms with Gasteiger partial charge in [-0.1, -0.05) is 41.9 Å². The molecular weight excluding hydrogens is 376 g/mol. The van der Waals surface area contributed by atoms with E-state index < -0.39 is 5.97 Å². The first-order valence-corrected chi connectivity index (χ1v) is 8.63. The second-order valence-electron chi connectivity index (χ2n) is 5.31. The Hall–Kier alpha value is -2.36. The third-order valence-corrected chi connectivity index (χ3v) is 4.45. The van der Waals surface area contributed by atoms with E-state index in [0.29, 0.717) is 27.2 Å². The summed E-state index contributed by atoms with van der Waals surface area (Å²) in [5, 5.41) is 29.7. The molecule has 0 amide bonds. The molecule has 3 rings (SSSR count). The summed E-state index contributed by atoms with van der Waals surface area (Å²) in [6, 6.07) is 14.7. The van der Waals surface area contributed by atoms with Gasteiger partial charge in [0.05, 0.1) is 10.7 Å². The molecule has 134 valence electrons. The van der Waals surface area contributed by atoms with E-state index in [1.165, 1.54) is 18.0 Å². The third kappa shape index (κ3) is 4.24. The minimum Gasteiger partial charge on any atom is -0.384 e. The van der Waals surface area contributed by atoms with Crippen molar-refractivity contribution < 1.29 is 15.3 Å². The highest BCUT2D eigenvalue weighted by atomic mass is 35.5. The largest absolute Gasteiger partial charge is 0.384 e. The highest BCUT2D eigenvalue weighted by Gasteiger charge is 2.27. The van der Waals surface area contributed by atoms with E-state index in [9.17, 15) is 15.3 Å². The molecule has 0 unspecified atom stereocenters. The topological polar surface area (TPSA) is 125 Å². The van der Waals surface area contributed by atoms with Crippen molar-refractivity contribution in [1.29, 1.82) is 0 Å². The van der Waals surface area contributed by atoms with Crippen LogP contribution in [0.5, 0.6) is 0 Å². The molecule has 26 heavy (non-hydrogen) atoms. The molecule has 0 fully saturated rings. The summed E-state index contributed by atoms with van der Waals surface area (Å²) in [6.07, 6.45) is 0. The SMILES string of the molecule is Nc1cccc(SNc2ccc(Cl)c(-c3ccccc3C(O)(O)O)n2)n1. The Bertz CT molecular complexity index is 934. The number of aromatic nitrogens is 2. The van der Waals surface area contributed by atoms with Gasteiger partial charge in [0.25, 0.3) is 0 Å². The average molecular weight is 391 g/mol. The number of nitrogen functional groups attached to an aromatic ring is 1. The molecule has 0 saturated carbocycles. The van der Waals surface area contributed by atoms with Crippen LogP contribution < -0.4 is 10.5 Å². The van der Waals surface area contributed by atoms with E-state index in [4.69, 9.17) is 17.3 Å². The number of aliphatic hydroxyl groups is 3. The Morgan fingerprint density at radius 1 is 0.962 bits per heavy atom. The first-order valence-electron chi connectivity index (χ1n) is 7.43. The maximum absolute atomic E-state index is 9.57. The van der Waals surface area contributed by atoms with Crippen molar-refractivity contribution >= 4 is 35.2 Å². The number of pyridine rings is 2. The van der Waals surface area contributed by atoms with Crippen LogP contribution in [0.15, 0.2) is 59.6 Å². The number of hydrogen-bond acceptors (Lipinski definition) is 8. The molecule has 0 spiro atoms. The van der Waals surface area contributed by atoms with Gasteiger partial charge in [-0.2, -0.15) is 0 Å². The van der Waals surface area contributed by atoms with Crippen LogP contribution in [0.3, 0.4) is 0 Å². The van der Waals surface area contributed by atoms with Gasteiger partial charge in [0.1, 0.15) is 16.7 Å². The fraction of sp³-hybridized carbons (Fsp3) is 0.0588. The minimum absolute atomic E-state index is 0.128. The van der Waals surface area contributed by atoms with E-state index in [1.54, 1.807) is 48.5 Å². The number of anilines is 2. The molecule has 0 aliphatic heterocycles. The van der Waals surface area contributed by atoms with Crippen molar-refractivity contribution in [3.63, 3.8) is 0 Å². The smallest absolute Gasteiger partial charge is 0.305 e. The van der Waals surface area contributed by atoms with Gasteiger partial charge in [-0.15, -0.1) is 0 Å². The maximum Gasteiger partial charge on any atom is 0.305 e.